The molecule has 0 saturated heterocycles. The number of rotatable bonds is 7. The van der Waals surface area contributed by atoms with Crippen LogP contribution < -0.4 is 5.32 Å². The van der Waals surface area contributed by atoms with Crippen molar-refractivity contribution in [3.8, 4) is 0 Å². The first-order valence-corrected chi connectivity index (χ1v) is 7.27. The van der Waals surface area contributed by atoms with E-state index >= 15 is 0 Å². The summed E-state index contributed by atoms with van der Waals surface area (Å²) in [5.74, 6) is 0. The lowest BCUT2D eigenvalue weighted by atomic mass is 9.91. The number of anilines is 1. The van der Waals surface area contributed by atoms with Crippen LogP contribution in [0.3, 0.4) is 0 Å². The molecule has 0 bridgehead atoms. The predicted octanol–water partition coefficient (Wildman–Crippen LogP) is 4.63. The number of aryl methyl sites for hydroxylation is 1. The van der Waals surface area contributed by atoms with Crippen LogP contribution in [0.1, 0.15) is 56.7 Å². The monoisotopic (exact) mass is 263 g/mol. The van der Waals surface area contributed by atoms with Crippen molar-refractivity contribution < 1.29 is 9.90 Å². The smallest absolute Gasteiger partial charge is 0.409 e. The SMILES string of the molecule is CCCc1ccc(NC(=O)O)c(CCC)c1CCC. The number of hydrogen-bond acceptors (Lipinski definition) is 1. The number of amides is 1. The van der Waals surface area contributed by atoms with Crippen LogP contribution in [0.2, 0.25) is 0 Å². The van der Waals surface area contributed by atoms with E-state index in [1.165, 1.54) is 16.7 Å². The average molecular weight is 263 g/mol. The van der Waals surface area contributed by atoms with Gasteiger partial charge in [0, 0.05) is 5.69 Å². The van der Waals surface area contributed by atoms with Gasteiger partial charge >= 0.3 is 6.09 Å². The maximum Gasteiger partial charge on any atom is 0.409 e. The molecule has 0 radical (unpaired) electrons. The molecule has 3 nitrogen and oxygen atoms in total. The molecule has 0 aromatic heterocycles. The first-order valence-electron chi connectivity index (χ1n) is 7.27. The molecule has 1 amide bonds. The van der Waals surface area contributed by atoms with Gasteiger partial charge in [-0.15, -0.1) is 0 Å². The van der Waals surface area contributed by atoms with E-state index in [0.717, 1.165) is 44.2 Å². The van der Waals surface area contributed by atoms with Crippen molar-refractivity contribution in [2.24, 2.45) is 0 Å². The highest BCUT2D eigenvalue weighted by Crippen LogP contribution is 2.27. The standard InChI is InChI=1S/C16H25NO2/c1-4-7-12-10-11-15(17-16(18)19)14(9-6-3)13(12)8-5-2/h10-11,17H,4-9H2,1-3H3,(H,18,19). The molecule has 0 heterocycles. The van der Waals surface area contributed by atoms with E-state index < -0.39 is 6.09 Å². The van der Waals surface area contributed by atoms with Crippen molar-refractivity contribution in [3.05, 3.63) is 28.8 Å². The Kier molecular flexibility index (Phi) is 6.40. The van der Waals surface area contributed by atoms with Crippen LogP contribution in [0.25, 0.3) is 0 Å². The highest BCUT2D eigenvalue weighted by Gasteiger charge is 2.13. The van der Waals surface area contributed by atoms with E-state index in [0.29, 0.717) is 0 Å². The summed E-state index contributed by atoms with van der Waals surface area (Å²) in [7, 11) is 0. The molecule has 0 fully saturated rings. The quantitative estimate of drug-likeness (QED) is 0.753. The second kappa shape index (κ2) is 7.82. The molecule has 106 valence electrons. The van der Waals surface area contributed by atoms with Crippen LogP contribution in [-0.4, -0.2) is 11.2 Å². The van der Waals surface area contributed by atoms with Crippen LogP contribution in [0.5, 0.6) is 0 Å². The van der Waals surface area contributed by atoms with Crippen molar-refractivity contribution in [1.82, 2.24) is 0 Å². The van der Waals surface area contributed by atoms with Crippen molar-refractivity contribution in [1.29, 1.82) is 0 Å². The molecular weight excluding hydrogens is 238 g/mol. The molecule has 1 aromatic rings. The summed E-state index contributed by atoms with van der Waals surface area (Å²) in [5, 5.41) is 11.5. The summed E-state index contributed by atoms with van der Waals surface area (Å²) in [6, 6.07) is 4.00. The van der Waals surface area contributed by atoms with Gasteiger partial charge in [-0.25, -0.2) is 4.79 Å². The Balaban J connectivity index is 3.25. The molecule has 0 unspecified atom stereocenters. The Morgan fingerprint density at radius 1 is 1.00 bits per heavy atom. The molecule has 1 rings (SSSR count). The van der Waals surface area contributed by atoms with Gasteiger partial charge in [0.1, 0.15) is 0 Å². The molecule has 19 heavy (non-hydrogen) atoms. The van der Waals surface area contributed by atoms with Crippen molar-refractivity contribution in [2.45, 2.75) is 59.3 Å². The molecule has 1 aromatic carbocycles. The van der Waals surface area contributed by atoms with Crippen LogP contribution in [0, 0.1) is 0 Å². The number of hydrogen-bond donors (Lipinski definition) is 2. The van der Waals surface area contributed by atoms with Gasteiger partial charge < -0.3 is 5.11 Å². The second-order valence-corrected chi connectivity index (χ2v) is 4.91. The first kappa shape index (κ1) is 15.5. The van der Waals surface area contributed by atoms with E-state index in [2.05, 4.69) is 32.2 Å². The highest BCUT2D eigenvalue weighted by atomic mass is 16.4. The minimum atomic E-state index is -0.983. The topological polar surface area (TPSA) is 49.3 Å². The number of carboxylic acid groups (broad SMARTS) is 1. The normalized spacial score (nSPS) is 10.5. The summed E-state index contributed by atoms with van der Waals surface area (Å²) in [6.45, 7) is 6.48. The third-order valence-corrected chi connectivity index (χ3v) is 3.29. The van der Waals surface area contributed by atoms with Crippen molar-refractivity contribution in [3.63, 3.8) is 0 Å². The van der Waals surface area contributed by atoms with Crippen molar-refractivity contribution >= 4 is 11.8 Å². The van der Waals surface area contributed by atoms with Gasteiger partial charge in [0.2, 0.25) is 0 Å². The van der Waals surface area contributed by atoms with Gasteiger partial charge in [0.05, 0.1) is 0 Å². The fraction of sp³-hybridized carbons (Fsp3) is 0.562. The van der Waals surface area contributed by atoms with Gasteiger partial charge in [0.15, 0.2) is 0 Å². The van der Waals surface area contributed by atoms with E-state index in [1.807, 2.05) is 6.07 Å². The minimum absolute atomic E-state index is 0.762. The molecule has 0 atom stereocenters. The van der Waals surface area contributed by atoms with Gasteiger partial charge in [-0.05, 0) is 42.0 Å². The molecular formula is C16H25NO2. The minimum Gasteiger partial charge on any atom is -0.465 e. The van der Waals surface area contributed by atoms with Crippen LogP contribution in [0.15, 0.2) is 12.1 Å². The third-order valence-electron chi connectivity index (χ3n) is 3.29. The van der Waals surface area contributed by atoms with Crippen LogP contribution >= 0.6 is 0 Å². The second-order valence-electron chi connectivity index (χ2n) is 4.91. The fourth-order valence-electron chi connectivity index (χ4n) is 2.57. The molecule has 2 N–H and O–H groups in total. The average Bonchev–Trinajstić information content (AvgIpc) is 2.36. The lowest BCUT2D eigenvalue weighted by molar-refractivity contribution is 0.209. The number of benzene rings is 1. The van der Waals surface area contributed by atoms with E-state index in [-0.39, 0.29) is 0 Å². The summed E-state index contributed by atoms with van der Waals surface area (Å²) in [6.07, 6.45) is 5.28. The van der Waals surface area contributed by atoms with Gasteiger partial charge in [-0.1, -0.05) is 46.1 Å². The molecule has 0 aliphatic carbocycles. The number of nitrogens with one attached hydrogen (secondary N) is 1. The van der Waals surface area contributed by atoms with E-state index in [4.69, 9.17) is 5.11 Å². The summed E-state index contributed by atoms with van der Waals surface area (Å²) in [5.41, 5.74) is 4.69. The maximum atomic E-state index is 10.9. The molecule has 0 aliphatic rings. The first-order chi connectivity index (χ1) is 9.13. The largest absolute Gasteiger partial charge is 0.465 e. The molecule has 0 aliphatic heterocycles. The van der Waals surface area contributed by atoms with E-state index in [1.54, 1.807) is 0 Å². The van der Waals surface area contributed by atoms with Gasteiger partial charge in [-0.3, -0.25) is 5.32 Å². The van der Waals surface area contributed by atoms with E-state index in [9.17, 15) is 4.79 Å². The third kappa shape index (κ3) is 4.27. The summed E-state index contributed by atoms with van der Waals surface area (Å²) >= 11 is 0. The van der Waals surface area contributed by atoms with Gasteiger partial charge in [0.25, 0.3) is 0 Å². The summed E-state index contributed by atoms with van der Waals surface area (Å²) < 4.78 is 0. The zero-order chi connectivity index (χ0) is 14.3. The molecule has 0 saturated carbocycles. The fourth-order valence-corrected chi connectivity index (χ4v) is 2.57. The Morgan fingerprint density at radius 2 is 1.58 bits per heavy atom. The Morgan fingerprint density at radius 3 is 2.11 bits per heavy atom. The summed E-state index contributed by atoms with van der Waals surface area (Å²) in [4.78, 5) is 10.9. The van der Waals surface area contributed by atoms with Crippen molar-refractivity contribution in [2.75, 3.05) is 5.32 Å². The Hall–Kier alpha value is -1.51. The highest BCUT2D eigenvalue weighted by molar-refractivity contribution is 5.84. The maximum absolute atomic E-state index is 10.9. The zero-order valence-electron chi connectivity index (χ0n) is 12.3. The van der Waals surface area contributed by atoms with Crippen LogP contribution in [-0.2, 0) is 19.3 Å². The van der Waals surface area contributed by atoms with Crippen LogP contribution in [0.4, 0.5) is 10.5 Å². The number of carbonyl (C=O) groups is 1. The Bertz CT molecular complexity index is 427. The molecule has 3 heteroatoms. The predicted molar refractivity (Wildman–Crippen MR) is 80.1 cm³/mol. The Labute approximate surface area is 116 Å². The lowest BCUT2D eigenvalue weighted by Crippen LogP contribution is -2.12. The zero-order valence-corrected chi connectivity index (χ0v) is 12.3. The van der Waals surface area contributed by atoms with Gasteiger partial charge in [-0.2, -0.15) is 0 Å². The molecule has 0 spiro atoms. The lowest BCUT2D eigenvalue weighted by Gasteiger charge is -2.18.